The first kappa shape index (κ1) is 12.7. The highest BCUT2D eigenvalue weighted by molar-refractivity contribution is 5.68. The van der Waals surface area contributed by atoms with Crippen LogP contribution in [0.4, 0.5) is 0 Å². The minimum Gasteiger partial charge on any atom is -0.302 e. The third-order valence-electron chi connectivity index (χ3n) is 2.17. The van der Waals surface area contributed by atoms with Crippen molar-refractivity contribution < 1.29 is 14.6 Å². The van der Waals surface area contributed by atoms with Crippen LogP contribution in [0.3, 0.4) is 0 Å². The maximum atomic E-state index is 11.0. The van der Waals surface area contributed by atoms with Gasteiger partial charge in [-0.3, -0.25) is 4.89 Å². The Labute approximate surface area is 95.7 Å². The fourth-order valence-corrected chi connectivity index (χ4v) is 1.39. The SMILES string of the molecule is COOC(=O)CCN(C)Cc1ccccc1. The summed E-state index contributed by atoms with van der Waals surface area (Å²) in [6.07, 6.45) is 0.331. The molecule has 0 aromatic heterocycles. The zero-order chi connectivity index (χ0) is 11.8. The quantitative estimate of drug-likeness (QED) is 0.542. The molecule has 0 atom stereocenters. The summed E-state index contributed by atoms with van der Waals surface area (Å²) in [5.41, 5.74) is 1.23. The van der Waals surface area contributed by atoms with Crippen molar-refractivity contribution in [1.82, 2.24) is 4.90 Å². The smallest absolute Gasteiger partial charge is 0.302 e. The lowest BCUT2D eigenvalue weighted by molar-refractivity contribution is -0.255. The van der Waals surface area contributed by atoms with Crippen LogP contribution in [0.15, 0.2) is 30.3 Å². The van der Waals surface area contributed by atoms with Crippen LogP contribution in [0, 0.1) is 0 Å². The van der Waals surface area contributed by atoms with Gasteiger partial charge in [0.2, 0.25) is 0 Å². The van der Waals surface area contributed by atoms with Gasteiger partial charge in [0.05, 0.1) is 13.5 Å². The zero-order valence-electron chi connectivity index (χ0n) is 9.68. The van der Waals surface area contributed by atoms with E-state index in [1.165, 1.54) is 12.7 Å². The topological polar surface area (TPSA) is 38.8 Å². The van der Waals surface area contributed by atoms with E-state index in [4.69, 9.17) is 0 Å². The van der Waals surface area contributed by atoms with E-state index in [1.807, 2.05) is 25.2 Å². The summed E-state index contributed by atoms with van der Waals surface area (Å²) in [4.78, 5) is 21.8. The van der Waals surface area contributed by atoms with Crippen LogP contribution in [-0.2, 0) is 21.1 Å². The maximum absolute atomic E-state index is 11.0. The average Bonchev–Trinajstić information content (AvgIpc) is 2.28. The maximum Gasteiger partial charge on any atom is 0.343 e. The van der Waals surface area contributed by atoms with Crippen molar-refractivity contribution in [3.05, 3.63) is 35.9 Å². The van der Waals surface area contributed by atoms with Crippen LogP contribution < -0.4 is 0 Å². The highest BCUT2D eigenvalue weighted by atomic mass is 17.2. The van der Waals surface area contributed by atoms with Gasteiger partial charge in [-0.1, -0.05) is 30.3 Å². The van der Waals surface area contributed by atoms with Gasteiger partial charge in [-0.25, -0.2) is 4.79 Å². The third-order valence-corrected chi connectivity index (χ3v) is 2.17. The first-order valence-electron chi connectivity index (χ1n) is 5.18. The van der Waals surface area contributed by atoms with Gasteiger partial charge in [-0.2, -0.15) is 4.89 Å². The molecule has 0 unspecified atom stereocenters. The third kappa shape index (κ3) is 4.91. The molecule has 4 nitrogen and oxygen atoms in total. The molecule has 1 aromatic carbocycles. The van der Waals surface area contributed by atoms with Crippen molar-refractivity contribution in [3.8, 4) is 0 Å². The average molecular weight is 223 g/mol. The predicted molar refractivity (Wildman–Crippen MR) is 60.5 cm³/mol. The number of benzene rings is 1. The lowest BCUT2D eigenvalue weighted by Crippen LogP contribution is -2.22. The second-order valence-electron chi connectivity index (χ2n) is 3.60. The second kappa shape index (κ2) is 6.98. The Morgan fingerprint density at radius 3 is 2.62 bits per heavy atom. The van der Waals surface area contributed by atoms with Crippen molar-refractivity contribution in [1.29, 1.82) is 0 Å². The van der Waals surface area contributed by atoms with Crippen LogP contribution in [0.5, 0.6) is 0 Å². The second-order valence-corrected chi connectivity index (χ2v) is 3.60. The Kier molecular flexibility index (Phi) is 5.53. The molecule has 0 saturated heterocycles. The summed E-state index contributed by atoms with van der Waals surface area (Å²) in [5, 5.41) is 0. The van der Waals surface area contributed by atoms with Crippen LogP contribution in [0.2, 0.25) is 0 Å². The van der Waals surface area contributed by atoms with Gasteiger partial charge in [0.15, 0.2) is 0 Å². The number of nitrogens with zero attached hydrogens (tertiary/aromatic N) is 1. The molecule has 16 heavy (non-hydrogen) atoms. The van der Waals surface area contributed by atoms with Crippen molar-refractivity contribution in [3.63, 3.8) is 0 Å². The number of hydrogen-bond acceptors (Lipinski definition) is 4. The first-order valence-corrected chi connectivity index (χ1v) is 5.18. The minimum atomic E-state index is -0.345. The summed E-state index contributed by atoms with van der Waals surface area (Å²) >= 11 is 0. The van der Waals surface area contributed by atoms with Crippen molar-refractivity contribution in [2.24, 2.45) is 0 Å². The molecular formula is C12H17NO3. The molecule has 0 radical (unpaired) electrons. The van der Waals surface area contributed by atoms with Crippen LogP contribution in [0.1, 0.15) is 12.0 Å². The molecule has 88 valence electrons. The van der Waals surface area contributed by atoms with Gasteiger partial charge in [-0.05, 0) is 12.6 Å². The Morgan fingerprint density at radius 2 is 2.00 bits per heavy atom. The summed E-state index contributed by atoms with van der Waals surface area (Å²) in [6, 6.07) is 10.1. The van der Waals surface area contributed by atoms with E-state index in [9.17, 15) is 4.79 Å². The molecule has 4 heteroatoms. The molecule has 0 fully saturated rings. The molecule has 0 aliphatic heterocycles. The standard InChI is InChI=1S/C12H17NO3/c1-13(9-8-12(14)16-15-2)10-11-6-4-3-5-7-11/h3-7H,8-10H2,1-2H3. The molecule has 0 N–H and O–H groups in total. The lowest BCUT2D eigenvalue weighted by Gasteiger charge is -2.15. The van der Waals surface area contributed by atoms with Gasteiger partial charge in [-0.15, -0.1) is 0 Å². The molecule has 1 aromatic rings. The molecule has 0 spiro atoms. The Hall–Kier alpha value is -1.39. The molecule has 0 saturated carbocycles. The highest BCUT2D eigenvalue weighted by Gasteiger charge is 2.06. The summed E-state index contributed by atoms with van der Waals surface area (Å²) in [7, 11) is 3.29. The van der Waals surface area contributed by atoms with Crippen molar-refractivity contribution >= 4 is 5.97 Å². The van der Waals surface area contributed by atoms with Gasteiger partial charge in [0, 0.05) is 13.1 Å². The van der Waals surface area contributed by atoms with Crippen molar-refractivity contribution in [2.75, 3.05) is 20.7 Å². The van der Waals surface area contributed by atoms with Gasteiger partial charge < -0.3 is 4.90 Å². The number of carbonyl (C=O) groups is 1. The van der Waals surface area contributed by atoms with E-state index in [0.29, 0.717) is 13.0 Å². The van der Waals surface area contributed by atoms with E-state index < -0.39 is 0 Å². The zero-order valence-corrected chi connectivity index (χ0v) is 9.68. The highest BCUT2D eigenvalue weighted by Crippen LogP contribution is 2.03. The van der Waals surface area contributed by atoms with Crippen molar-refractivity contribution in [2.45, 2.75) is 13.0 Å². The molecule has 0 aliphatic rings. The minimum absolute atomic E-state index is 0.331. The van der Waals surface area contributed by atoms with E-state index in [0.717, 1.165) is 6.54 Å². The van der Waals surface area contributed by atoms with E-state index in [1.54, 1.807) is 0 Å². The largest absolute Gasteiger partial charge is 0.343 e. The van der Waals surface area contributed by atoms with Crippen LogP contribution >= 0.6 is 0 Å². The lowest BCUT2D eigenvalue weighted by atomic mass is 10.2. The fraction of sp³-hybridized carbons (Fsp3) is 0.417. The normalized spacial score (nSPS) is 10.4. The van der Waals surface area contributed by atoms with Gasteiger partial charge in [0.25, 0.3) is 0 Å². The summed E-state index contributed by atoms with van der Waals surface area (Å²) in [6.45, 7) is 1.47. The van der Waals surface area contributed by atoms with Gasteiger partial charge in [0.1, 0.15) is 0 Å². The summed E-state index contributed by atoms with van der Waals surface area (Å²) < 4.78 is 0. The van der Waals surface area contributed by atoms with E-state index in [2.05, 4.69) is 26.8 Å². The Balaban J connectivity index is 2.26. The number of hydrogen-bond donors (Lipinski definition) is 0. The number of rotatable bonds is 6. The Morgan fingerprint density at radius 1 is 1.31 bits per heavy atom. The van der Waals surface area contributed by atoms with Gasteiger partial charge >= 0.3 is 5.97 Å². The molecule has 0 aliphatic carbocycles. The molecule has 0 heterocycles. The van der Waals surface area contributed by atoms with Crippen LogP contribution in [-0.4, -0.2) is 31.6 Å². The molecule has 0 amide bonds. The van der Waals surface area contributed by atoms with Crippen LogP contribution in [0.25, 0.3) is 0 Å². The number of carbonyl (C=O) groups excluding carboxylic acids is 1. The predicted octanol–water partition coefficient (Wildman–Crippen LogP) is 1.61. The Bertz CT molecular complexity index is 313. The molecular weight excluding hydrogens is 206 g/mol. The van der Waals surface area contributed by atoms with E-state index in [-0.39, 0.29) is 5.97 Å². The molecule has 0 bridgehead atoms. The monoisotopic (exact) mass is 223 g/mol. The first-order chi connectivity index (χ1) is 7.72. The van der Waals surface area contributed by atoms with E-state index >= 15 is 0 Å². The summed E-state index contributed by atoms with van der Waals surface area (Å²) in [5.74, 6) is -0.345. The fourth-order valence-electron chi connectivity index (χ4n) is 1.39. The molecule has 1 rings (SSSR count).